The summed E-state index contributed by atoms with van der Waals surface area (Å²) in [5.41, 5.74) is 0.280. The number of piperidine rings is 1. The van der Waals surface area contributed by atoms with Crippen LogP contribution in [0.3, 0.4) is 0 Å². The predicted molar refractivity (Wildman–Crippen MR) is 124 cm³/mol. The van der Waals surface area contributed by atoms with Crippen molar-refractivity contribution in [3.63, 3.8) is 0 Å². The fraction of sp³-hybridized carbons (Fsp3) is 0.478. The number of aliphatic hydroxyl groups is 1. The van der Waals surface area contributed by atoms with Crippen LogP contribution in [0.4, 0.5) is 4.39 Å². The Morgan fingerprint density at radius 1 is 1.29 bits per heavy atom. The SMILES string of the molecule is O=c1ccc2ncc(F)c3c2n1CC3(O)CN1CCC(NCc2cc3c(nn2)OCCS3)CC1. The topological polar surface area (TPSA) is 105 Å². The minimum atomic E-state index is -1.46. The van der Waals surface area contributed by atoms with E-state index in [-0.39, 0.29) is 24.2 Å². The monoisotopic (exact) mass is 484 g/mol. The Morgan fingerprint density at radius 2 is 2.15 bits per heavy atom. The molecule has 3 aliphatic heterocycles. The average molecular weight is 485 g/mol. The molecular weight excluding hydrogens is 459 g/mol. The molecule has 0 spiro atoms. The van der Waals surface area contributed by atoms with Crippen LogP contribution in [0.1, 0.15) is 24.1 Å². The van der Waals surface area contributed by atoms with Gasteiger partial charge in [-0.1, -0.05) is 0 Å². The van der Waals surface area contributed by atoms with Gasteiger partial charge in [0.05, 0.1) is 46.5 Å². The summed E-state index contributed by atoms with van der Waals surface area (Å²) in [6.07, 6.45) is 2.92. The number of hydrogen-bond acceptors (Lipinski definition) is 9. The van der Waals surface area contributed by atoms with Crippen molar-refractivity contribution in [2.24, 2.45) is 0 Å². The molecule has 0 bridgehead atoms. The predicted octanol–water partition coefficient (Wildman–Crippen LogP) is 1.27. The maximum atomic E-state index is 14.8. The van der Waals surface area contributed by atoms with Crippen molar-refractivity contribution in [3.8, 4) is 5.88 Å². The molecule has 1 unspecified atom stereocenters. The van der Waals surface area contributed by atoms with Gasteiger partial charge in [-0.3, -0.25) is 14.7 Å². The quantitative estimate of drug-likeness (QED) is 0.554. The van der Waals surface area contributed by atoms with Crippen LogP contribution in [-0.2, 0) is 18.7 Å². The van der Waals surface area contributed by atoms with Gasteiger partial charge in [-0.25, -0.2) is 4.39 Å². The van der Waals surface area contributed by atoms with Crippen LogP contribution in [0.15, 0.2) is 34.1 Å². The van der Waals surface area contributed by atoms with E-state index in [1.165, 1.54) is 10.6 Å². The zero-order valence-corrected chi connectivity index (χ0v) is 19.4. The molecule has 34 heavy (non-hydrogen) atoms. The molecule has 9 nitrogen and oxygen atoms in total. The third-order valence-corrected chi connectivity index (χ3v) is 7.82. The molecule has 6 heterocycles. The molecule has 6 rings (SSSR count). The van der Waals surface area contributed by atoms with E-state index in [1.807, 2.05) is 6.07 Å². The number of pyridine rings is 2. The molecule has 0 aromatic carbocycles. The number of β-amino-alcohol motifs (C(OH)–C–C–N with tert-alkyl or cyclic N) is 1. The molecule has 3 aromatic heterocycles. The summed E-state index contributed by atoms with van der Waals surface area (Å²) in [5.74, 6) is 0.967. The highest BCUT2D eigenvalue weighted by atomic mass is 32.2. The lowest BCUT2D eigenvalue weighted by molar-refractivity contribution is -0.0159. The number of ether oxygens (including phenoxy) is 1. The molecule has 3 aromatic rings. The Hall–Kier alpha value is -2.60. The summed E-state index contributed by atoms with van der Waals surface area (Å²) in [7, 11) is 0. The first-order chi connectivity index (χ1) is 16.5. The van der Waals surface area contributed by atoms with Crippen molar-refractivity contribution in [3.05, 3.63) is 51.8 Å². The van der Waals surface area contributed by atoms with Gasteiger partial charge in [0.1, 0.15) is 11.4 Å². The number of halogens is 1. The van der Waals surface area contributed by atoms with E-state index in [4.69, 9.17) is 4.74 Å². The lowest BCUT2D eigenvalue weighted by Crippen LogP contribution is -2.48. The molecule has 0 radical (unpaired) electrons. The van der Waals surface area contributed by atoms with Gasteiger partial charge in [-0.2, -0.15) is 5.10 Å². The van der Waals surface area contributed by atoms with E-state index in [0.717, 1.165) is 48.5 Å². The summed E-state index contributed by atoms with van der Waals surface area (Å²) in [6, 6.07) is 5.35. The number of likely N-dealkylation sites (tertiary alicyclic amines) is 1. The van der Waals surface area contributed by atoms with Crippen LogP contribution in [0, 0.1) is 5.82 Å². The van der Waals surface area contributed by atoms with Crippen molar-refractivity contribution < 1.29 is 14.2 Å². The number of nitrogens with one attached hydrogen (secondary N) is 1. The second kappa shape index (κ2) is 8.56. The lowest BCUT2D eigenvalue weighted by Gasteiger charge is -2.37. The summed E-state index contributed by atoms with van der Waals surface area (Å²) in [6.45, 7) is 3.14. The Balaban J connectivity index is 1.09. The molecule has 0 aliphatic carbocycles. The van der Waals surface area contributed by atoms with Gasteiger partial charge in [0.15, 0.2) is 0 Å². The third-order valence-electron chi connectivity index (χ3n) is 6.84. The second-order valence-electron chi connectivity index (χ2n) is 9.14. The Morgan fingerprint density at radius 3 is 3.00 bits per heavy atom. The van der Waals surface area contributed by atoms with E-state index in [9.17, 15) is 14.3 Å². The normalized spacial score (nSPS) is 22.6. The second-order valence-corrected chi connectivity index (χ2v) is 10.3. The Labute approximate surface area is 199 Å². The van der Waals surface area contributed by atoms with E-state index in [1.54, 1.807) is 17.8 Å². The van der Waals surface area contributed by atoms with E-state index < -0.39 is 11.4 Å². The summed E-state index contributed by atoms with van der Waals surface area (Å²) in [5, 5.41) is 23.5. The maximum absolute atomic E-state index is 14.8. The maximum Gasteiger partial charge on any atom is 0.251 e. The summed E-state index contributed by atoms with van der Waals surface area (Å²) < 4.78 is 21.7. The highest BCUT2D eigenvalue weighted by Crippen LogP contribution is 2.38. The van der Waals surface area contributed by atoms with Crippen LogP contribution in [0.25, 0.3) is 11.0 Å². The highest BCUT2D eigenvalue weighted by molar-refractivity contribution is 7.99. The van der Waals surface area contributed by atoms with Crippen molar-refractivity contribution in [1.29, 1.82) is 0 Å². The average Bonchev–Trinajstić information content (AvgIpc) is 3.17. The molecule has 0 amide bonds. The molecule has 3 aliphatic rings. The molecule has 0 saturated carbocycles. The molecule has 1 saturated heterocycles. The number of hydrogen-bond donors (Lipinski definition) is 2. The van der Waals surface area contributed by atoms with Gasteiger partial charge >= 0.3 is 0 Å². The van der Waals surface area contributed by atoms with Gasteiger partial charge in [-0.05, 0) is 38.1 Å². The molecule has 2 N–H and O–H groups in total. The van der Waals surface area contributed by atoms with Gasteiger partial charge in [-0.15, -0.1) is 16.9 Å². The summed E-state index contributed by atoms with van der Waals surface area (Å²) in [4.78, 5) is 19.6. The van der Waals surface area contributed by atoms with Crippen molar-refractivity contribution in [1.82, 2.24) is 30.0 Å². The molecular formula is C23H25FN6O3S. The third kappa shape index (κ3) is 3.86. The Bertz CT molecular complexity index is 1310. The van der Waals surface area contributed by atoms with Gasteiger partial charge in [0.25, 0.3) is 5.56 Å². The van der Waals surface area contributed by atoms with Crippen LogP contribution in [-0.4, -0.2) is 67.8 Å². The molecule has 11 heteroatoms. The van der Waals surface area contributed by atoms with Gasteiger partial charge < -0.3 is 19.7 Å². The van der Waals surface area contributed by atoms with Crippen molar-refractivity contribution in [2.45, 2.75) is 42.5 Å². The van der Waals surface area contributed by atoms with E-state index in [0.29, 0.717) is 36.1 Å². The number of nitrogens with zero attached hydrogens (tertiary/aromatic N) is 5. The van der Waals surface area contributed by atoms with E-state index >= 15 is 0 Å². The first-order valence-electron chi connectivity index (χ1n) is 11.5. The lowest BCUT2D eigenvalue weighted by atomic mass is 9.93. The van der Waals surface area contributed by atoms with Gasteiger partial charge in [0, 0.05) is 31.0 Å². The first-order valence-corrected chi connectivity index (χ1v) is 12.5. The van der Waals surface area contributed by atoms with Gasteiger partial charge in [0.2, 0.25) is 5.88 Å². The van der Waals surface area contributed by atoms with Crippen molar-refractivity contribution >= 4 is 22.8 Å². The number of thioether (sulfide) groups is 1. The first kappa shape index (κ1) is 21.9. The Kier molecular flexibility index (Phi) is 5.51. The summed E-state index contributed by atoms with van der Waals surface area (Å²) >= 11 is 1.74. The zero-order chi connectivity index (χ0) is 23.3. The minimum Gasteiger partial charge on any atom is -0.475 e. The highest BCUT2D eigenvalue weighted by Gasteiger charge is 2.43. The fourth-order valence-corrected chi connectivity index (χ4v) is 6.03. The number of rotatable bonds is 5. The number of fused-ring (bicyclic) bond motifs is 1. The van der Waals surface area contributed by atoms with Crippen LogP contribution < -0.4 is 15.6 Å². The number of aromatic nitrogens is 4. The minimum absolute atomic E-state index is 0.0397. The fourth-order valence-electron chi connectivity index (χ4n) is 5.20. The smallest absolute Gasteiger partial charge is 0.251 e. The largest absolute Gasteiger partial charge is 0.475 e. The molecule has 1 atom stereocenters. The van der Waals surface area contributed by atoms with Crippen molar-refractivity contribution in [2.75, 3.05) is 32.0 Å². The van der Waals surface area contributed by atoms with Crippen LogP contribution >= 0.6 is 11.8 Å². The standard InChI is InChI=1S/C23H25FN6O3S/c24-16-11-26-17-1-2-19(31)30-13-23(32,20(16)21(17)30)12-29-5-3-14(4-6-29)25-10-15-9-18-22(28-27-15)33-7-8-34-18/h1-2,9,11,14,25,32H,3-8,10,12-13H2. The van der Waals surface area contributed by atoms with Crippen LogP contribution in [0.5, 0.6) is 5.88 Å². The van der Waals surface area contributed by atoms with Crippen LogP contribution in [0.2, 0.25) is 0 Å². The molecule has 178 valence electrons. The zero-order valence-electron chi connectivity index (χ0n) is 18.5. The van der Waals surface area contributed by atoms with E-state index in [2.05, 4.69) is 25.4 Å². The molecule has 1 fully saturated rings.